The number of rotatable bonds is 4. The number of thiazole rings is 1. The third-order valence-corrected chi connectivity index (χ3v) is 4.85. The lowest BCUT2D eigenvalue weighted by molar-refractivity contribution is 0.0936. The van der Waals surface area contributed by atoms with Crippen LogP contribution in [0.3, 0.4) is 0 Å². The highest BCUT2D eigenvalue weighted by atomic mass is 35.5. The Kier molecular flexibility index (Phi) is 8.16. The van der Waals surface area contributed by atoms with Gasteiger partial charge in [-0.05, 0) is 24.4 Å². The predicted octanol–water partition coefficient (Wildman–Crippen LogP) is 3.87. The standard InChI is InChI=1S/C17H21N3OS.2ClH/c1-11(2)12-3-5-13(6-4-12)17-20-15(10-22-17)16(21)19-14-7-8-18-9-14;;/h3-6,10-11,14,18H,7-9H2,1-2H3,(H,19,21);2*1H. The van der Waals surface area contributed by atoms with Crippen LogP contribution in [-0.4, -0.2) is 30.0 Å². The van der Waals surface area contributed by atoms with E-state index in [0.717, 1.165) is 30.1 Å². The number of amides is 1. The van der Waals surface area contributed by atoms with Crippen molar-refractivity contribution in [1.82, 2.24) is 15.6 Å². The smallest absolute Gasteiger partial charge is 0.271 e. The molecule has 1 aromatic carbocycles. The van der Waals surface area contributed by atoms with Crippen molar-refractivity contribution < 1.29 is 4.79 Å². The Morgan fingerprint density at radius 1 is 1.29 bits per heavy atom. The quantitative estimate of drug-likeness (QED) is 0.836. The predicted molar refractivity (Wildman–Crippen MR) is 105 cm³/mol. The summed E-state index contributed by atoms with van der Waals surface area (Å²) in [4.78, 5) is 16.7. The molecule has 2 aromatic rings. The van der Waals surface area contributed by atoms with Crippen molar-refractivity contribution in [3.05, 3.63) is 40.9 Å². The molecule has 132 valence electrons. The number of nitrogens with one attached hydrogen (secondary N) is 2. The van der Waals surface area contributed by atoms with Gasteiger partial charge in [-0.25, -0.2) is 4.98 Å². The largest absolute Gasteiger partial charge is 0.347 e. The molecule has 1 unspecified atom stereocenters. The van der Waals surface area contributed by atoms with Crippen LogP contribution in [0, 0.1) is 0 Å². The highest BCUT2D eigenvalue weighted by Gasteiger charge is 2.19. The Labute approximate surface area is 159 Å². The maximum atomic E-state index is 12.2. The molecule has 2 heterocycles. The minimum Gasteiger partial charge on any atom is -0.347 e. The van der Waals surface area contributed by atoms with Crippen LogP contribution < -0.4 is 10.6 Å². The maximum Gasteiger partial charge on any atom is 0.271 e. The summed E-state index contributed by atoms with van der Waals surface area (Å²) in [7, 11) is 0. The first-order valence-corrected chi connectivity index (χ1v) is 8.59. The Balaban J connectivity index is 0.00000144. The van der Waals surface area contributed by atoms with Crippen LogP contribution in [0.25, 0.3) is 10.6 Å². The molecule has 1 aromatic heterocycles. The van der Waals surface area contributed by atoms with Crippen LogP contribution in [0.15, 0.2) is 29.6 Å². The lowest BCUT2D eigenvalue weighted by Crippen LogP contribution is -2.36. The fourth-order valence-electron chi connectivity index (χ4n) is 2.56. The van der Waals surface area contributed by atoms with Gasteiger partial charge in [0.05, 0.1) is 0 Å². The van der Waals surface area contributed by atoms with E-state index in [-0.39, 0.29) is 36.8 Å². The first kappa shape index (κ1) is 20.9. The van der Waals surface area contributed by atoms with E-state index in [1.54, 1.807) is 0 Å². The van der Waals surface area contributed by atoms with Gasteiger partial charge in [0.15, 0.2) is 0 Å². The minimum absolute atomic E-state index is 0. The molecule has 24 heavy (non-hydrogen) atoms. The van der Waals surface area contributed by atoms with Crippen LogP contribution in [0.4, 0.5) is 0 Å². The molecule has 4 nitrogen and oxygen atoms in total. The average Bonchev–Trinajstić information content (AvgIpc) is 3.18. The van der Waals surface area contributed by atoms with Crippen LogP contribution in [0.1, 0.15) is 42.2 Å². The Morgan fingerprint density at radius 2 is 2.00 bits per heavy atom. The van der Waals surface area contributed by atoms with Crippen molar-refractivity contribution in [3.8, 4) is 10.6 Å². The van der Waals surface area contributed by atoms with E-state index in [1.165, 1.54) is 16.9 Å². The molecule has 1 amide bonds. The second-order valence-corrected chi connectivity index (χ2v) is 6.84. The SMILES string of the molecule is CC(C)c1ccc(-c2nc(C(=O)NC3CCNC3)cs2)cc1.Cl.Cl. The van der Waals surface area contributed by atoms with Crippen molar-refractivity contribution in [3.63, 3.8) is 0 Å². The molecule has 0 bridgehead atoms. The van der Waals surface area contributed by atoms with E-state index < -0.39 is 0 Å². The van der Waals surface area contributed by atoms with E-state index in [4.69, 9.17) is 0 Å². The number of nitrogens with zero attached hydrogens (tertiary/aromatic N) is 1. The Hall–Kier alpha value is -1.14. The lowest BCUT2D eigenvalue weighted by atomic mass is 10.0. The summed E-state index contributed by atoms with van der Waals surface area (Å²) in [6, 6.07) is 8.65. The monoisotopic (exact) mass is 387 g/mol. The van der Waals surface area contributed by atoms with Gasteiger partial charge in [-0.1, -0.05) is 38.1 Å². The van der Waals surface area contributed by atoms with Crippen molar-refractivity contribution in [2.75, 3.05) is 13.1 Å². The van der Waals surface area contributed by atoms with Crippen molar-refractivity contribution >= 4 is 42.1 Å². The third-order valence-electron chi connectivity index (χ3n) is 3.96. The van der Waals surface area contributed by atoms with Gasteiger partial charge in [0.25, 0.3) is 5.91 Å². The van der Waals surface area contributed by atoms with Crippen LogP contribution in [0.2, 0.25) is 0 Å². The first-order valence-electron chi connectivity index (χ1n) is 7.71. The van der Waals surface area contributed by atoms with Gasteiger partial charge in [-0.3, -0.25) is 4.79 Å². The summed E-state index contributed by atoms with van der Waals surface area (Å²) in [5, 5.41) is 9.00. The van der Waals surface area contributed by atoms with Gasteiger partial charge in [0.2, 0.25) is 0 Å². The van der Waals surface area contributed by atoms with E-state index in [9.17, 15) is 4.79 Å². The second-order valence-electron chi connectivity index (χ2n) is 5.98. The Morgan fingerprint density at radius 3 is 2.58 bits per heavy atom. The molecule has 3 rings (SSSR count). The molecule has 0 saturated carbocycles. The zero-order valence-corrected chi connectivity index (χ0v) is 16.2. The number of benzene rings is 1. The summed E-state index contributed by atoms with van der Waals surface area (Å²) in [6.45, 7) is 6.17. The molecule has 1 aliphatic rings. The van der Waals surface area contributed by atoms with Crippen LogP contribution in [0.5, 0.6) is 0 Å². The second kappa shape index (κ2) is 9.37. The summed E-state index contributed by atoms with van der Waals surface area (Å²) >= 11 is 1.52. The molecule has 1 aliphatic heterocycles. The van der Waals surface area contributed by atoms with Gasteiger partial charge >= 0.3 is 0 Å². The molecule has 1 saturated heterocycles. The maximum absolute atomic E-state index is 12.2. The van der Waals surface area contributed by atoms with Gasteiger partial charge in [-0.2, -0.15) is 0 Å². The number of hydrogen-bond acceptors (Lipinski definition) is 4. The summed E-state index contributed by atoms with van der Waals surface area (Å²) < 4.78 is 0. The lowest BCUT2D eigenvalue weighted by Gasteiger charge is -2.09. The van der Waals surface area contributed by atoms with Gasteiger partial charge in [0.1, 0.15) is 10.7 Å². The molecular weight excluding hydrogens is 365 g/mol. The van der Waals surface area contributed by atoms with E-state index in [2.05, 4.69) is 53.7 Å². The third kappa shape index (κ3) is 4.93. The van der Waals surface area contributed by atoms with Gasteiger partial charge < -0.3 is 10.6 Å². The molecule has 0 spiro atoms. The van der Waals surface area contributed by atoms with Gasteiger partial charge in [-0.15, -0.1) is 36.2 Å². The topological polar surface area (TPSA) is 54.0 Å². The molecule has 0 aliphatic carbocycles. The molecule has 0 radical (unpaired) electrons. The fourth-order valence-corrected chi connectivity index (χ4v) is 3.36. The van der Waals surface area contributed by atoms with E-state index >= 15 is 0 Å². The Bertz CT molecular complexity index is 652. The van der Waals surface area contributed by atoms with Crippen LogP contribution >= 0.6 is 36.2 Å². The van der Waals surface area contributed by atoms with Crippen molar-refractivity contribution in [2.45, 2.75) is 32.2 Å². The number of carbonyl (C=O) groups is 1. The van der Waals surface area contributed by atoms with Crippen molar-refractivity contribution in [2.24, 2.45) is 0 Å². The molecule has 1 atom stereocenters. The van der Waals surface area contributed by atoms with Gasteiger partial charge in [0, 0.05) is 23.5 Å². The zero-order valence-electron chi connectivity index (χ0n) is 13.7. The van der Waals surface area contributed by atoms with E-state index in [0.29, 0.717) is 11.6 Å². The summed E-state index contributed by atoms with van der Waals surface area (Å²) in [6.07, 6.45) is 0.986. The molecule has 2 N–H and O–H groups in total. The van der Waals surface area contributed by atoms with Crippen LogP contribution in [-0.2, 0) is 0 Å². The zero-order chi connectivity index (χ0) is 15.5. The average molecular weight is 388 g/mol. The number of carbonyl (C=O) groups excluding carboxylic acids is 1. The molecular formula is C17H23Cl2N3OS. The summed E-state index contributed by atoms with van der Waals surface area (Å²) in [5.74, 6) is 0.446. The minimum atomic E-state index is -0.0741. The normalized spacial score (nSPS) is 16.4. The first-order chi connectivity index (χ1) is 10.6. The fraction of sp³-hybridized carbons (Fsp3) is 0.412. The summed E-state index contributed by atoms with van der Waals surface area (Å²) in [5.41, 5.74) is 2.89. The number of aromatic nitrogens is 1. The van der Waals surface area contributed by atoms with E-state index in [1.807, 2.05) is 5.38 Å². The highest BCUT2D eigenvalue weighted by Crippen LogP contribution is 2.25. The number of hydrogen-bond donors (Lipinski definition) is 2. The highest BCUT2D eigenvalue weighted by molar-refractivity contribution is 7.13. The molecule has 1 fully saturated rings. The molecule has 7 heteroatoms. The number of halogens is 2. The van der Waals surface area contributed by atoms with Crippen molar-refractivity contribution in [1.29, 1.82) is 0 Å².